The Morgan fingerprint density at radius 2 is 0.943 bits per heavy atom. The molecule has 70 heavy (non-hydrogen) atoms. The molecule has 0 radical (unpaired) electrons. The molecule has 0 spiro atoms. The van der Waals surface area contributed by atoms with Gasteiger partial charge in [-0.15, -0.1) is 0 Å². The second kappa shape index (κ2) is 13.5. The van der Waals surface area contributed by atoms with Gasteiger partial charge in [0, 0.05) is 78.1 Å². The van der Waals surface area contributed by atoms with Crippen LogP contribution in [0.4, 0.5) is 17.1 Å². The highest BCUT2D eigenvalue weighted by atomic mass is 16.3. The number of hydrogen-bond acceptors (Lipinski definition) is 4. The predicted molar refractivity (Wildman–Crippen MR) is 289 cm³/mol. The molecule has 0 atom stereocenters. The summed E-state index contributed by atoms with van der Waals surface area (Å²) in [6.45, 7) is 14.5. The SMILES string of the molecule is CC1(C)c2cc(N(c3ccc4c(c3)C(C)(C)c3c5c(c6oc7ccccc7c6c3-4)-c3ccccc3C5(C)C)c3cccc4ccccc34)ccc2-c2c1cc(-c1ccncc1)c1oc3ccccc3c21. The lowest BCUT2D eigenvalue weighted by molar-refractivity contribution is 0.600. The summed E-state index contributed by atoms with van der Waals surface area (Å²) in [5.41, 5.74) is 24.1. The van der Waals surface area contributed by atoms with E-state index in [1.807, 2.05) is 12.4 Å². The molecule has 3 aliphatic carbocycles. The van der Waals surface area contributed by atoms with Crippen LogP contribution in [-0.2, 0) is 16.2 Å². The van der Waals surface area contributed by atoms with E-state index < -0.39 is 0 Å². The average molecular weight is 901 g/mol. The molecule has 0 saturated heterocycles. The second-order valence-electron chi connectivity index (χ2n) is 21.4. The third kappa shape index (κ3) is 4.98. The van der Waals surface area contributed by atoms with Crippen molar-refractivity contribution in [2.24, 2.45) is 0 Å². The number of anilines is 3. The van der Waals surface area contributed by atoms with E-state index in [-0.39, 0.29) is 16.2 Å². The maximum absolute atomic E-state index is 7.00. The van der Waals surface area contributed by atoms with Gasteiger partial charge in [-0.05, 0) is 133 Å². The summed E-state index contributed by atoms with van der Waals surface area (Å²) in [6.07, 6.45) is 3.74. The topological polar surface area (TPSA) is 42.4 Å². The normalized spacial score (nSPS) is 15.3. The molecule has 4 nitrogen and oxygen atoms in total. The minimum Gasteiger partial charge on any atom is -0.455 e. The fourth-order valence-corrected chi connectivity index (χ4v) is 13.5. The molecule has 4 heteroatoms. The van der Waals surface area contributed by atoms with Crippen molar-refractivity contribution in [3.63, 3.8) is 0 Å². The Bertz CT molecular complexity index is 4270. The molecule has 334 valence electrons. The first kappa shape index (κ1) is 39.8. The van der Waals surface area contributed by atoms with Gasteiger partial charge in [-0.2, -0.15) is 0 Å². The summed E-state index contributed by atoms with van der Waals surface area (Å²) in [5.74, 6) is 0. The molecule has 0 bridgehead atoms. The van der Waals surface area contributed by atoms with Crippen LogP contribution < -0.4 is 4.90 Å². The number of para-hydroxylation sites is 2. The van der Waals surface area contributed by atoms with Gasteiger partial charge < -0.3 is 13.7 Å². The number of rotatable bonds is 4. The number of furan rings is 2. The van der Waals surface area contributed by atoms with E-state index in [2.05, 4.69) is 221 Å². The first-order valence-corrected chi connectivity index (χ1v) is 24.6. The van der Waals surface area contributed by atoms with Crippen LogP contribution in [0, 0.1) is 0 Å². The number of nitrogens with zero attached hydrogens (tertiary/aromatic N) is 2. The van der Waals surface area contributed by atoms with Crippen LogP contribution in [0.2, 0.25) is 0 Å². The number of fused-ring (bicyclic) bond motifs is 20. The summed E-state index contributed by atoms with van der Waals surface area (Å²) >= 11 is 0. The molecule has 3 aliphatic rings. The highest BCUT2D eigenvalue weighted by Crippen LogP contribution is 2.64. The van der Waals surface area contributed by atoms with Gasteiger partial charge in [-0.3, -0.25) is 4.98 Å². The summed E-state index contributed by atoms with van der Waals surface area (Å²) < 4.78 is 13.8. The molecule has 12 aromatic rings. The largest absolute Gasteiger partial charge is 0.455 e. The highest BCUT2D eigenvalue weighted by Gasteiger charge is 2.49. The molecule has 0 saturated carbocycles. The Morgan fingerprint density at radius 3 is 1.67 bits per heavy atom. The Labute approximate surface area is 406 Å². The van der Waals surface area contributed by atoms with Gasteiger partial charge in [0.05, 0.1) is 5.69 Å². The first-order valence-electron chi connectivity index (χ1n) is 24.6. The van der Waals surface area contributed by atoms with Gasteiger partial charge in [-0.25, -0.2) is 0 Å². The lowest BCUT2D eigenvalue weighted by Crippen LogP contribution is -2.24. The number of pyridine rings is 1. The predicted octanol–water partition coefficient (Wildman–Crippen LogP) is 18.1. The standard InChI is InChI=1S/C66H48N2O2/c1-64(2)49-34-39(26-28-43(49)55-51(64)36-47(38-30-32-67-33-31-38)62-57(55)45-20-10-13-24-53(45)69-62)68(52-23-15-17-37-16-7-8-18-41(37)52)40-27-29-44-50(35-40)66(5,6)60-56(44)58-46-21-11-14-25-54(46)70-63(58)59-42-19-9-12-22-48(42)65(3,4)61(59)60/h7-36H,1-6H3. The number of benzene rings is 9. The van der Waals surface area contributed by atoms with Crippen LogP contribution in [0.1, 0.15) is 74.9 Å². The van der Waals surface area contributed by atoms with Crippen molar-refractivity contribution >= 4 is 71.7 Å². The minimum absolute atomic E-state index is 0.234. The van der Waals surface area contributed by atoms with Crippen molar-refractivity contribution in [1.82, 2.24) is 4.98 Å². The van der Waals surface area contributed by atoms with Crippen LogP contribution in [0.5, 0.6) is 0 Å². The van der Waals surface area contributed by atoms with E-state index in [0.29, 0.717) is 0 Å². The average Bonchev–Trinajstić information content (AvgIpc) is 4.14. The Kier molecular flexibility index (Phi) is 7.68. The van der Waals surface area contributed by atoms with Gasteiger partial charge in [0.15, 0.2) is 0 Å². The quantitative estimate of drug-likeness (QED) is 0.176. The molecule has 0 aliphatic heterocycles. The molecule has 9 aromatic carbocycles. The first-order chi connectivity index (χ1) is 34.0. The summed E-state index contributed by atoms with van der Waals surface area (Å²) in [5, 5.41) is 7.09. The molecule has 0 unspecified atom stereocenters. The van der Waals surface area contributed by atoms with E-state index in [4.69, 9.17) is 8.83 Å². The molecule has 0 fully saturated rings. The monoisotopic (exact) mass is 900 g/mol. The van der Waals surface area contributed by atoms with Crippen LogP contribution >= 0.6 is 0 Å². The summed E-state index contributed by atoms with van der Waals surface area (Å²) in [4.78, 5) is 6.88. The molecule has 3 aromatic heterocycles. The smallest absolute Gasteiger partial charge is 0.144 e. The fraction of sp³-hybridized carbons (Fsp3) is 0.136. The van der Waals surface area contributed by atoms with Gasteiger partial charge in [-0.1, -0.05) is 151 Å². The zero-order chi connectivity index (χ0) is 47.0. The van der Waals surface area contributed by atoms with E-state index >= 15 is 0 Å². The molecular weight excluding hydrogens is 853 g/mol. The summed E-state index contributed by atoms with van der Waals surface area (Å²) in [6, 6.07) is 62.6. The second-order valence-corrected chi connectivity index (χ2v) is 21.4. The zero-order valence-corrected chi connectivity index (χ0v) is 40.0. The maximum Gasteiger partial charge on any atom is 0.144 e. The van der Waals surface area contributed by atoms with E-state index in [1.165, 1.54) is 93.7 Å². The van der Waals surface area contributed by atoms with Gasteiger partial charge in [0.25, 0.3) is 0 Å². The Hall–Kier alpha value is -8.21. The van der Waals surface area contributed by atoms with Crippen molar-refractivity contribution < 1.29 is 8.83 Å². The minimum atomic E-state index is -0.339. The van der Waals surface area contributed by atoms with Crippen LogP contribution in [0.25, 0.3) is 99.2 Å². The van der Waals surface area contributed by atoms with Crippen molar-refractivity contribution in [3.05, 3.63) is 216 Å². The molecular formula is C66H48N2O2. The van der Waals surface area contributed by atoms with Crippen molar-refractivity contribution in [1.29, 1.82) is 0 Å². The Morgan fingerprint density at radius 1 is 0.400 bits per heavy atom. The fourth-order valence-electron chi connectivity index (χ4n) is 13.5. The van der Waals surface area contributed by atoms with Crippen LogP contribution in [-0.4, -0.2) is 4.98 Å². The third-order valence-corrected chi connectivity index (χ3v) is 16.7. The van der Waals surface area contributed by atoms with Gasteiger partial charge in [0.2, 0.25) is 0 Å². The lowest BCUT2D eigenvalue weighted by atomic mass is 9.72. The van der Waals surface area contributed by atoms with Crippen LogP contribution in [0.3, 0.4) is 0 Å². The highest BCUT2D eigenvalue weighted by molar-refractivity contribution is 6.22. The van der Waals surface area contributed by atoms with Crippen LogP contribution in [0.15, 0.2) is 191 Å². The van der Waals surface area contributed by atoms with Crippen molar-refractivity contribution in [3.8, 4) is 44.5 Å². The maximum atomic E-state index is 7.00. The number of aromatic nitrogens is 1. The molecule has 0 amide bonds. The van der Waals surface area contributed by atoms with Crippen molar-refractivity contribution in [2.75, 3.05) is 4.90 Å². The molecule has 15 rings (SSSR count). The van der Waals surface area contributed by atoms with E-state index in [0.717, 1.165) is 55.9 Å². The Balaban J connectivity index is 0.974. The molecule has 0 N–H and O–H groups in total. The van der Waals surface area contributed by atoms with Gasteiger partial charge >= 0.3 is 0 Å². The van der Waals surface area contributed by atoms with E-state index in [9.17, 15) is 0 Å². The van der Waals surface area contributed by atoms with Gasteiger partial charge in [0.1, 0.15) is 22.3 Å². The lowest BCUT2D eigenvalue weighted by Gasteiger charge is -2.32. The third-order valence-electron chi connectivity index (χ3n) is 16.7. The van der Waals surface area contributed by atoms with Crippen molar-refractivity contribution in [2.45, 2.75) is 57.8 Å². The number of hydrogen-bond donors (Lipinski definition) is 0. The van der Waals surface area contributed by atoms with E-state index in [1.54, 1.807) is 0 Å². The summed E-state index contributed by atoms with van der Waals surface area (Å²) in [7, 11) is 0. The zero-order valence-electron chi connectivity index (χ0n) is 40.0. The molecule has 3 heterocycles.